The molecule has 0 radical (unpaired) electrons. The summed E-state index contributed by atoms with van der Waals surface area (Å²) in [4.78, 5) is 21.5. The molecular weight excluding hydrogens is 401 g/mol. The van der Waals surface area contributed by atoms with Crippen LogP contribution in [-0.2, 0) is 4.74 Å². The van der Waals surface area contributed by atoms with E-state index >= 15 is 0 Å². The van der Waals surface area contributed by atoms with Gasteiger partial charge in [0.2, 0.25) is 5.82 Å². The van der Waals surface area contributed by atoms with Gasteiger partial charge in [0, 0.05) is 18.0 Å². The number of hydrogen-bond acceptors (Lipinski definition) is 9. The van der Waals surface area contributed by atoms with E-state index in [9.17, 15) is 19.8 Å². The summed E-state index contributed by atoms with van der Waals surface area (Å²) in [6.45, 7) is 3.01. The minimum Gasteiger partial charge on any atom is -0.467 e. The second-order valence-electron chi connectivity index (χ2n) is 6.21. The van der Waals surface area contributed by atoms with E-state index in [1.165, 1.54) is 25.3 Å². The molecule has 0 amide bonds. The van der Waals surface area contributed by atoms with E-state index < -0.39 is 21.7 Å². The first-order valence-corrected chi connectivity index (χ1v) is 9.60. The first kappa shape index (κ1) is 20.8. The van der Waals surface area contributed by atoms with Gasteiger partial charge in [0.15, 0.2) is 5.69 Å². The van der Waals surface area contributed by atoms with Gasteiger partial charge in [-0.15, -0.1) is 0 Å². The van der Waals surface area contributed by atoms with Crippen LogP contribution in [0, 0.1) is 27.3 Å². The van der Waals surface area contributed by atoms with Crippen molar-refractivity contribution < 1.29 is 18.8 Å². The van der Waals surface area contributed by atoms with Crippen molar-refractivity contribution in [2.75, 3.05) is 31.7 Å². The highest BCUT2D eigenvalue weighted by Gasteiger charge is 2.35. The van der Waals surface area contributed by atoms with Gasteiger partial charge in [-0.1, -0.05) is 23.9 Å². The number of nitrogens with zero attached hydrogens (tertiary/aromatic N) is 5. The molecule has 1 aromatic carbocycles. The molecule has 2 heterocycles. The molecule has 2 unspecified atom stereocenters. The summed E-state index contributed by atoms with van der Waals surface area (Å²) in [6, 6.07) is 7.78. The Bertz CT molecular complexity index is 954. The predicted octanol–water partition coefficient (Wildman–Crippen LogP) is 3.11. The Morgan fingerprint density at radius 3 is 2.86 bits per heavy atom. The molecule has 9 nitrogen and oxygen atoms in total. The number of aromatic nitrogens is 2. The minimum absolute atomic E-state index is 0.0568. The van der Waals surface area contributed by atoms with Gasteiger partial charge in [0.25, 0.3) is 0 Å². The molecule has 1 aliphatic rings. The van der Waals surface area contributed by atoms with E-state index in [-0.39, 0.29) is 28.5 Å². The number of anilines is 1. The second kappa shape index (κ2) is 9.02. The van der Waals surface area contributed by atoms with Crippen molar-refractivity contribution in [2.45, 2.75) is 23.2 Å². The zero-order valence-electron chi connectivity index (χ0n) is 15.7. The highest BCUT2D eigenvalue weighted by molar-refractivity contribution is 7.99. The number of methoxy groups -OCH3 is 1. The van der Waals surface area contributed by atoms with E-state index in [1.54, 1.807) is 11.0 Å². The van der Waals surface area contributed by atoms with Crippen molar-refractivity contribution in [3.63, 3.8) is 0 Å². The average molecular weight is 419 g/mol. The third-order valence-electron chi connectivity index (χ3n) is 4.22. The lowest BCUT2D eigenvalue weighted by molar-refractivity contribution is -0.385. The molecule has 0 N–H and O–H groups in total. The lowest BCUT2D eigenvalue weighted by Crippen LogP contribution is -2.42. The number of halogens is 1. The van der Waals surface area contributed by atoms with Crippen molar-refractivity contribution in [1.82, 2.24) is 9.97 Å². The Kier molecular flexibility index (Phi) is 6.46. The fourth-order valence-electron chi connectivity index (χ4n) is 2.93. The SMILES string of the molecule is COc1nc(C(C#N)Sc2ccccc2F)c([N+](=O)[O-])c(N2CCOC(C)C2)n1. The summed E-state index contributed by atoms with van der Waals surface area (Å²) < 4.78 is 24.7. The van der Waals surface area contributed by atoms with Gasteiger partial charge in [-0.05, 0) is 19.1 Å². The monoisotopic (exact) mass is 419 g/mol. The first-order valence-electron chi connectivity index (χ1n) is 8.72. The summed E-state index contributed by atoms with van der Waals surface area (Å²) in [5, 5.41) is 20.5. The second-order valence-corrected chi connectivity index (χ2v) is 7.36. The number of nitriles is 1. The van der Waals surface area contributed by atoms with Crippen LogP contribution in [0.15, 0.2) is 29.2 Å². The Morgan fingerprint density at radius 1 is 1.48 bits per heavy atom. The number of benzene rings is 1. The Balaban J connectivity index is 2.11. The van der Waals surface area contributed by atoms with Gasteiger partial charge < -0.3 is 14.4 Å². The van der Waals surface area contributed by atoms with Crippen molar-refractivity contribution in [2.24, 2.45) is 0 Å². The molecule has 0 bridgehead atoms. The molecule has 0 aliphatic carbocycles. The first-order chi connectivity index (χ1) is 13.9. The zero-order chi connectivity index (χ0) is 21.0. The Morgan fingerprint density at radius 2 is 2.24 bits per heavy atom. The van der Waals surface area contributed by atoms with Gasteiger partial charge in [0.05, 0.1) is 30.8 Å². The summed E-state index contributed by atoms with van der Waals surface area (Å²) in [6.07, 6.45) is -0.146. The number of ether oxygens (including phenoxy) is 2. The van der Waals surface area contributed by atoms with E-state index in [2.05, 4.69) is 9.97 Å². The quantitative estimate of drug-likeness (QED) is 0.396. The summed E-state index contributed by atoms with van der Waals surface area (Å²) in [5.41, 5.74) is -0.526. The molecule has 29 heavy (non-hydrogen) atoms. The maximum Gasteiger partial charge on any atom is 0.335 e. The van der Waals surface area contributed by atoms with Crippen LogP contribution in [0.25, 0.3) is 0 Å². The molecule has 0 saturated carbocycles. The third-order valence-corrected chi connectivity index (χ3v) is 5.37. The standard InChI is InChI=1S/C18H18FN5O4S/c1-11-10-23(7-8-28-11)17-16(24(25)26)15(21-18(22-17)27-2)14(9-20)29-13-6-4-3-5-12(13)19/h3-6,11,14H,7-8,10H2,1-2H3. The molecule has 2 atom stereocenters. The van der Waals surface area contributed by atoms with Crippen LogP contribution in [0.5, 0.6) is 6.01 Å². The Labute approximate surface area is 170 Å². The normalized spacial score (nSPS) is 17.4. The molecule has 1 aromatic heterocycles. The van der Waals surface area contributed by atoms with Gasteiger partial charge in [-0.25, -0.2) is 4.39 Å². The van der Waals surface area contributed by atoms with E-state index in [4.69, 9.17) is 9.47 Å². The van der Waals surface area contributed by atoms with Crippen molar-refractivity contribution in [1.29, 1.82) is 5.26 Å². The van der Waals surface area contributed by atoms with Crippen molar-refractivity contribution in [3.05, 3.63) is 45.9 Å². The smallest absolute Gasteiger partial charge is 0.335 e. The molecule has 3 rings (SSSR count). The van der Waals surface area contributed by atoms with Crippen LogP contribution in [0.3, 0.4) is 0 Å². The fraction of sp³-hybridized carbons (Fsp3) is 0.389. The summed E-state index contributed by atoms with van der Waals surface area (Å²) >= 11 is 0.845. The molecule has 2 aromatic rings. The minimum atomic E-state index is -1.14. The maximum atomic E-state index is 14.1. The molecule has 152 valence electrons. The van der Waals surface area contributed by atoms with Crippen LogP contribution in [0.1, 0.15) is 17.9 Å². The molecule has 1 fully saturated rings. The Hall–Kier alpha value is -2.97. The number of nitro groups is 1. The lowest BCUT2D eigenvalue weighted by atomic mass is 10.2. The van der Waals surface area contributed by atoms with E-state index in [0.717, 1.165) is 11.8 Å². The molecule has 11 heteroatoms. The number of thioether (sulfide) groups is 1. The van der Waals surface area contributed by atoms with Crippen LogP contribution in [-0.4, -0.2) is 47.8 Å². The van der Waals surface area contributed by atoms with E-state index in [1.807, 2.05) is 13.0 Å². The number of morpholine rings is 1. The molecular formula is C18H18FN5O4S. The highest BCUT2D eigenvalue weighted by Crippen LogP contribution is 2.42. The van der Waals surface area contributed by atoms with E-state index in [0.29, 0.717) is 19.7 Å². The van der Waals surface area contributed by atoms with Crippen molar-refractivity contribution in [3.8, 4) is 12.1 Å². The fourth-order valence-corrected chi connectivity index (χ4v) is 3.85. The lowest BCUT2D eigenvalue weighted by Gasteiger charge is -2.32. The van der Waals surface area contributed by atoms with Gasteiger partial charge in [-0.2, -0.15) is 15.2 Å². The number of hydrogen-bond donors (Lipinski definition) is 0. The third kappa shape index (κ3) is 4.55. The van der Waals surface area contributed by atoms with Crippen LogP contribution >= 0.6 is 11.8 Å². The van der Waals surface area contributed by atoms with Gasteiger partial charge in [0.1, 0.15) is 11.1 Å². The van der Waals surface area contributed by atoms with Crippen molar-refractivity contribution >= 4 is 23.3 Å². The van der Waals surface area contributed by atoms with Crippen LogP contribution in [0.4, 0.5) is 15.9 Å². The predicted molar refractivity (Wildman–Crippen MR) is 103 cm³/mol. The molecule has 1 aliphatic heterocycles. The highest BCUT2D eigenvalue weighted by atomic mass is 32.2. The molecule has 1 saturated heterocycles. The summed E-state index contributed by atoms with van der Waals surface area (Å²) in [5.74, 6) is -0.468. The van der Waals surface area contributed by atoms with Crippen LogP contribution < -0.4 is 9.64 Å². The van der Waals surface area contributed by atoms with Gasteiger partial charge in [-0.3, -0.25) is 10.1 Å². The average Bonchev–Trinajstić information content (AvgIpc) is 2.72. The zero-order valence-corrected chi connectivity index (χ0v) is 16.6. The molecule has 0 spiro atoms. The topological polar surface area (TPSA) is 114 Å². The summed E-state index contributed by atoms with van der Waals surface area (Å²) in [7, 11) is 1.34. The largest absolute Gasteiger partial charge is 0.467 e. The van der Waals surface area contributed by atoms with Gasteiger partial charge >= 0.3 is 11.7 Å². The van der Waals surface area contributed by atoms with Crippen LogP contribution in [0.2, 0.25) is 0 Å². The maximum absolute atomic E-state index is 14.1. The number of rotatable bonds is 6.